The highest BCUT2D eigenvalue weighted by molar-refractivity contribution is 6.07. The van der Waals surface area contributed by atoms with Crippen LogP contribution in [0.5, 0.6) is 0 Å². The summed E-state index contributed by atoms with van der Waals surface area (Å²) in [6.45, 7) is 2.49. The van der Waals surface area contributed by atoms with Gasteiger partial charge in [0.25, 0.3) is 0 Å². The second-order valence-corrected chi connectivity index (χ2v) is 4.07. The van der Waals surface area contributed by atoms with E-state index in [0.717, 1.165) is 5.56 Å². The number of Topliss-reactive ketones (excluding diaryl/α,β-unsaturated/α-hetero) is 1. The summed E-state index contributed by atoms with van der Waals surface area (Å²) >= 11 is 0. The minimum Gasteiger partial charge on any atom is -0.328 e. The van der Waals surface area contributed by atoms with Gasteiger partial charge in [-0.1, -0.05) is 37.3 Å². The summed E-state index contributed by atoms with van der Waals surface area (Å²) in [5.74, 6) is 0.0177. The van der Waals surface area contributed by atoms with Gasteiger partial charge in [-0.05, 0) is 12.0 Å². The Bertz CT molecular complexity index is 400. The smallest absolute Gasteiger partial charge is 0.231 e. The highest BCUT2D eigenvalue weighted by atomic mass is 16.2. The van der Waals surface area contributed by atoms with Gasteiger partial charge in [-0.3, -0.25) is 9.59 Å². The maximum atomic E-state index is 11.7. The molecule has 1 aliphatic rings. The van der Waals surface area contributed by atoms with E-state index in [-0.39, 0.29) is 24.2 Å². The molecule has 0 aliphatic carbocycles. The van der Waals surface area contributed by atoms with Crippen molar-refractivity contribution in [1.82, 2.24) is 4.90 Å². The molecule has 3 nitrogen and oxygen atoms in total. The molecule has 1 atom stereocenters. The minimum atomic E-state index is -0.215. The molecular formula is C13H15NO2. The van der Waals surface area contributed by atoms with Crippen LogP contribution in [0, 0.1) is 0 Å². The third kappa shape index (κ3) is 1.98. The fourth-order valence-electron chi connectivity index (χ4n) is 2.14. The van der Waals surface area contributed by atoms with Gasteiger partial charge in [0.05, 0.1) is 12.5 Å². The Morgan fingerprint density at radius 2 is 1.94 bits per heavy atom. The van der Waals surface area contributed by atoms with Gasteiger partial charge in [0.1, 0.15) is 0 Å². The number of carbonyl (C=O) groups excluding carboxylic acids is 2. The maximum Gasteiger partial charge on any atom is 0.231 e. The standard InChI is InChI=1S/C13H15NO2/c1-2-11-12(15)8-13(16)14(11)9-10-6-4-3-5-7-10/h3-7,11H,2,8-9H2,1H3/t11-/m1/s1. The van der Waals surface area contributed by atoms with Crippen molar-refractivity contribution in [1.29, 1.82) is 0 Å². The van der Waals surface area contributed by atoms with Crippen LogP contribution in [0.2, 0.25) is 0 Å². The molecular weight excluding hydrogens is 202 g/mol. The molecule has 1 fully saturated rings. The lowest BCUT2D eigenvalue weighted by Gasteiger charge is -2.22. The highest BCUT2D eigenvalue weighted by Crippen LogP contribution is 2.20. The van der Waals surface area contributed by atoms with Crippen molar-refractivity contribution in [2.75, 3.05) is 0 Å². The summed E-state index contributed by atoms with van der Waals surface area (Å²) in [6, 6.07) is 9.56. The molecule has 0 radical (unpaired) electrons. The van der Waals surface area contributed by atoms with Crippen LogP contribution in [0.3, 0.4) is 0 Å². The van der Waals surface area contributed by atoms with Crippen molar-refractivity contribution in [3.05, 3.63) is 35.9 Å². The molecule has 16 heavy (non-hydrogen) atoms. The number of amides is 1. The average Bonchev–Trinajstić information content (AvgIpc) is 2.55. The molecule has 0 N–H and O–H groups in total. The van der Waals surface area contributed by atoms with Crippen LogP contribution in [-0.2, 0) is 16.1 Å². The third-order valence-electron chi connectivity index (χ3n) is 2.98. The predicted octanol–water partition coefficient (Wildman–Crippen LogP) is 1.77. The SMILES string of the molecule is CC[C@@H]1C(=O)CC(=O)N1Cc1ccccc1. The summed E-state index contributed by atoms with van der Waals surface area (Å²) in [7, 11) is 0. The van der Waals surface area contributed by atoms with E-state index in [1.807, 2.05) is 37.3 Å². The van der Waals surface area contributed by atoms with E-state index in [9.17, 15) is 9.59 Å². The summed E-state index contributed by atoms with van der Waals surface area (Å²) in [4.78, 5) is 24.9. The average molecular weight is 217 g/mol. The maximum absolute atomic E-state index is 11.7. The van der Waals surface area contributed by atoms with Crippen molar-refractivity contribution in [2.24, 2.45) is 0 Å². The summed E-state index contributed by atoms with van der Waals surface area (Å²) in [5, 5.41) is 0. The van der Waals surface area contributed by atoms with Gasteiger partial charge in [-0.15, -0.1) is 0 Å². The molecule has 0 bridgehead atoms. The number of carbonyl (C=O) groups is 2. The van der Waals surface area contributed by atoms with Crippen molar-refractivity contribution < 1.29 is 9.59 Å². The first kappa shape index (κ1) is 10.9. The zero-order chi connectivity index (χ0) is 11.5. The Morgan fingerprint density at radius 1 is 1.25 bits per heavy atom. The molecule has 1 aromatic rings. The van der Waals surface area contributed by atoms with Crippen LogP contribution >= 0.6 is 0 Å². The predicted molar refractivity (Wildman–Crippen MR) is 60.7 cm³/mol. The van der Waals surface area contributed by atoms with Crippen molar-refractivity contribution >= 4 is 11.7 Å². The number of likely N-dealkylation sites (tertiary alicyclic amines) is 1. The van der Waals surface area contributed by atoms with Crippen LogP contribution in [-0.4, -0.2) is 22.6 Å². The Balaban J connectivity index is 2.14. The van der Waals surface area contributed by atoms with Gasteiger partial charge in [0.15, 0.2) is 5.78 Å². The molecule has 0 spiro atoms. The van der Waals surface area contributed by atoms with E-state index < -0.39 is 0 Å². The number of hydrogen-bond donors (Lipinski definition) is 0. The van der Waals surface area contributed by atoms with Crippen LogP contribution < -0.4 is 0 Å². The molecule has 84 valence electrons. The summed E-state index contributed by atoms with van der Waals surface area (Å²) in [6.07, 6.45) is 0.781. The van der Waals surface area contributed by atoms with E-state index in [0.29, 0.717) is 13.0 Å². The monoisotopic (exact) mass is 217 g/mol. The van der Waals surface area contributed by atoms with Crippen molar-refractivity contribution in [2.45, 2.75) is 32.4 Å². The van der Waals surface area contributed by atoms with E-state index in [1.54, 1.807) is 4.90 Å². The second kappa shape index (κ2) is 4.47. The molecule has 3 heteroatoms. The first-order chi connectivity index (χ1) is 7.72. The molecule has 1 aliphatic heterocycles. The minimum absolute atomic E-state index is 0.0410. The molecule has 0 saturated carbocycles. The van der Waals surface area contributed by atoms with Gasteiger partial charge in [0, 0.05) is 6.54 Å². The lowest BCUT2D eigenvalue weighted by atomic mass is 10.1. The first-order valence-corrected chi connectivity index (χ1v) is 5.58. The topological polar surface area (TPSA) is 37.4 Å². The second-order valence-electron chi connectivity index (χ2n) is 4.07. The third-order valence-corrected chi connectivity index (χ3v) is 2.98. The Hall–Kier alpha value is -1.64. The lowest BCUT2D eigenvalue weighted by Crippen LogP contribution is -2.34. The van der Waals surface area contributed by atoms with Crippen molar-refractivity contribution in [3.63, 3.8) is 0 Å². The lowest BCUT2D eigenvalue weighted by molar-refractivity contribution is -0.129. The van der Waals surface area contributed by atoms with Crippen LogP contribution in [0.4, 0.5) is 0 Å². The number of benzene rings is 1. The van der Waals surface area contributed by atoms with E-state index in [1.165, 1.54) is 0 Å². The Morgan fingerprint density at radius 3 is 2.56 bits per heavy atom. The van der Waals surface area contributed by atoms with Crippen LogP contribution in [0.15, 0.2) is 30.3 Å². The highest BCUT2D eigenvalue weighted by Gasteiger charge is 2.36. The van der Waals surface area contributed by atoms with E-state index >= 15 is 0 Å². The molecule has 2 rings (SSSR count). The van der Waals surface area contributed by atoms with Gasteiger partial charge < -0.3 is 4.90 Å². The largest absolute Gasteiger partial charge is 0.328 e. The molecule has 1 aromatic carbocycles. The molecule has 1 amide bonds. The number of nitrogens with zero attached hydrogens (tertiary/aromatic N) is 1. The Kier molecular flexibility index (Phi) is 3.04. The van der Waals surface area contributed by atoms with E-state index in [4.69, 9.17) is 0 Å². The summed E-state index contributed by atoms with van der Waals surface area (Å²) < 4.78 is 0. The quantitative estimate of drug-likeness (QED) is 0.723. The zero-order valence-electron chi connectivity index (χ0n) is 9.35. The van der Waals surface area contributed by atoms with Crippen molar-refractivity contribution in [3.8, 4) is 0 Å². The van der Waals surface area contributed by atoms with Gasteiger partial charge in [-0.25, -0.2) is 0 Å². The molecule has 1 heterocycles. The van der Waals surface area contributed by atoms with Gasteiger partial charge >= 0.3 is 0 Å². The zero-order valence-corrected chi connectivity index (χ0v) is 9.35. The number of hydrogen-bond acceptors (Lipinski definition) is 2. The van der Waals surface area contributed by atoms with Crippen LogP contribution in [0.25, 0.3) is 0 Å². The van der Waals surface area contributed by atoms with E-state index in [2.05, 4.69) is 0 Å². The number of rotatable bonds is 3. The van der Waals surface area contributed by atoms with Gasteiger partial charge in [0.2, 0.25) is 5.91 Å². The van der Waals surface area contributed by atoms with Gasteiger partial charge in [-0.2, -0.15) is 0 Å². The molecule has 1 saturated heterocycles. The van der Waals surface area contributed by atoms with Crippen LogP contribution in [0.1, 0.15) is 25.3 Å². The Labute approximate surface area is 95.1 Å². The molecule has 0 unspecified atom stereocenters. The molecule has 0 aromatic heterocycles. The fourth-order valence-corrected chi connectivity index (χ4v) is 2.14. The normalized spacial score (nSPS) is 20.6. The first-order valence-electron chi connectivity index (χ1n) is 5.58. The fraction of sp³-hybridized carbons (Fsp3) is 0.385. The number of ketones is 1. The summed E-state index contributed by atoms with van der Waals surface area (Å²) in [5.41, 5.74) is 1.07.